The van der Waals surface area contributed by atoms with Gasteiger partial charge in [-0.05, 0) is 83.7 Å². The van der Waals surface area contributed by atoms with Gasteiger partial charge in [-0.15, -0.1) is 0 Å². The van der Waals surface area contributed by atoms with Gasteiger partial charge in [0.15, 0.2) is 5.78 Å². The van der Waals surface area contributed by atoms with Gasteiger partial charge in [-0.1, -0.05) is 12.1 Å². The molecule has 1 saturated heterocycles. The second-order valence-electron chi connectivity index (χ2n) is 9.72. The van der Waals surface area contributed by atoms with Crippen LogP contribution in [0.15, 0.2) is 18.2 Å². The SMILES string of the molecule is CC1(C)CC(NC(=O)CCC(=O)c2ccc3c(c2)CCNCC3)CC(C)(C)N1. The molecule has 2 aliphatic heterocycles. The fraction of sp³-hybridized carbons (Fsp3) is 0.652. The van der Waals surface area contributed by atoms with Gasteiger partial charge >= 0.3 is 0 Å². The first-order valence-corrected chi connectivity index (χ1v) is 10.6. The van der Waals surface area contributed by atoms with E-state index in [4.69, 9.17) is 0 Å². The van der Waals surface area contributed by atoms with Crippen molar-refractivity contribution in [2.24, 2.45) is 0 Å². The summed E-state index contributed by atoms with van der Waals surface area (Å²) in [6.07, 6.45) is 4.28. The van der Waals surface area contributed by atoms with Crippen molar-refractivity contribution in [3.8, 4) is 0 Å². The summed E-state index contributed by atoms with van der Waals surface area (Å²) in [4.78, 5) is 25.1. The molecule has 1 fully saturated rings. The molecule has 1 amide bonds. The number of carbonyl (C=O) groups excluding carboxylic acids is 2. The molecular formula is C23H35N3O2. The third-order valence-corrected chi connectivity index (χ3v) is 5.80. The number of piperidine rings is 1. The van der Waals surface area contributed by atoms with Crippen molar-refractivity contribution >= 4 is 11.7 Å². The largest absolute Gasteiger partial charge is 0.353 e. The summed E-state index contributed by atoms with van der Waals surface area (Å²) < 4.78 is 0. The van der Waals surface area contributed by atoms with Crippen LogP contribution in [-0.4, -0.2) is 41.9 Å². The first-order chi connectivity index (χ1) is 13.1. The van der Waals surface area contributed by atoms with Crippen LogP contribution in [0.3, 0.4) is 0 Å². The third kappa shape index (κ3) is 5.65. The molecular weight excluding hydrogens is 350 g/mol. The van der Waals surface area contributed by atoms with Gasteiger partial charge in [0, 0.05) is 35.5 Å². The summed E-state index contributed by atoms with van der Waals surface area (Å²) in [6, 6.07) is 6.17. The number of amides is 1. The molecule has 0 radical (unpaired) electrons. The van der Waals surface area contributed by atoms with Gasteiger partial charge in [0.2, 0.25) is 5.91 Å². The van der Waals surface area contributed by atoms with Crippen LogP contribution in [0.25, 0.3) is 0 Å². The molecule has 1 aromatic carbocycles. The highest BCUT2D eigenvalue weighted by atomic mass is 16.2. The minimum absolute atomic E-state index is 0.00772. The van der Waals surface area contributed by atoms with Crippen LogP contribution >= 0.6 is 0 Å². The molecule has 154 valence electrons. The Morgan fingerprint density at radius 1 is 1.00 bits per heavy atom. The number of hydrogen-bond donors (Lipinski definition) is 3. The van der Waals surface area contributed by atoms with Gasteiger partial charge in [-0.2, -0.15) is 0 Å². The van der Waals surface area contributed by atoms with Crippen molar-refractivity contribution in [1.82, 2.24) is 16.0 Å². The van der Waals surface area contributed by atoms with Gasteiger partial charge in [-0.3, -0.25) is 9.59 Å². The minimum Gasteiger partial charge on any atom is -0.353 e. The van der Waals surface area contributed by atoms with Gasteiger partial charge in [0.05, 0.1) is 0 Å². The predicted molar refractivity (Wildman–Crippen MR) is 113 cm³/mol. The number of rotatable bonds is 5. The van der Waals surface area contributed by atoms with Crippen LogP contribution in [0.2, 0.25) is 0 Å². The van der Waals surface area contributed by atoms with Gasteiger partial charge in [0.25, 0.3) is 0 Å². The van der Waals surface area contributed by atoms with Crippen molar-refractivity contribution in [3.63, 3.8) is 0 Å². The summed E-state index contributed by atoms with van der Waals surface area (Å²) in [5, 5.41) is 10.2. The molecule has 2 heterocycles. The Kier molecular flexibility index (Phi) is 6.25. The molecule has 1 aromatic rings. The minimum atomic E-state index is -0.0224. The zero-order valence-corrected chi connectivity index (χ0v) is 17.8. The zero-order valence-electron chi connectivity index (χ0n) is 17.8. The van der Waals surface area contributed by atoms with Crippen molar-refractivity contribution in [3.05, 3.63) is 34.9 Å². The summed E-state index contributed by atoms with van der Waals surface area (Å²) in [6.45, 7) is 10.6. The Morgan fingerprint density at radius 3 is 2.32 bits per heavy atom. The van der Waals surface area contributed by atoms with Crippen molar-refractivity contribution in [1.29, 1.82) is 0 Å². The zero-order chi connectivity index (χ0) is 20.4. The molecule has 2 aliphatic rings. The average molecular weight is 386 g/mol. The Labute approximate surface area is 169 Å². The van der Waals surface area contributed by atoms with Gasteiger partial charge in [-0.25, -0.2) is 0 Å². The Morgan fingerprint density at radius 2 is 1.64 bits per heavy atom. The summed E-state index contributed by atoms with van der Waals surface area (Å²) >= 11 is 0. The highest BCUT2D eigenvalue weighted by Gasteiger charge is 2.38. The topological polar surface area (TPSA) is 70.2 Å². The molecule has 0 aromatic heterocycles. The molecule has 0 bridgehead atoms. The van der Waals surface area contributed by atoms with Crippen molar-refractivity contribution < 1.29 is 9.59 Å². The molecule has 3 rings (SSSR count). The van der Waals surface area contributed by atoms with E-state index in [0.717, 1.165) is 44.3 Å². The second kappa shape index (κ2) is 8.34. The molecule has 3 N–H and O–H groups in total. The van der Waals surface area contributed by atoms with Gasteiger partial charge < -0.3 is 16.0 Å². The maximum absolute atomic E-state index is 12.6. The quantitative estimate of drug-likeness (QED) is 0.682. The summed E-state index contributed by atoms with van der Waals surface area (Å²) in [5.74, 6) is 0.0342. The number of benzene rings is 1. The Balaban J connectivity index is 1.53. The number of ketones is 1. The van der Waals surface area contributed by atoms with Crippen LogP contribution in [-0.2, 0) is 17.6 Å². The number of nitrogens with one attached hydrogen (secondary N) is 3. The lowest BCUT2D eigenvalue weighted by molar-refractivity contribution is -0.122. The Hall–Kier alpha value is -1.72. The number of carbonyl (C=O) groups is 2. The first-order valence-electron chi connectivity index (χ1n) is 10.6. The van der Waals surface area contributed by atoms with E-state index in [1.54, 1.807) is 0 Å². The molecule has 0 unspecified atom stereocenters. The maximum atomic E-state index is 12.6. The smallest absolute Gasteiger partial charge is 0.220 e. The average Bonchev–Trinajstić information content (AvgIpc) is 2.81. The highest BCUT2D eigenvalue weighted by Crippen LogP contribution is 2.28. The van der Waals surface area contributed by atoms with Crippen LogP contribution < -0.4 is 16.0 Å². The fourth-order valence-corrected chi connectivity index (χ4v) is 4.94. The molecule has 0 atom stereocenters. The lowest BCUT2D eigenvalue weighted by Crippen LogP contribution is -2.62. The van der Waals surface area contributed by atoms with E-state index in [2.05, 4.69) is 49.7 Å². The molecule has 28 heavy (non-hydrogen) atoms. The summed E-state index contributed by atoms with van der Waals surface area (Å²) in [5.41, 5.74) is 3.31. The fourth-order valence-electron chi connectivity index (χ4n) is 4.94. The maximum Gasteiger partial charge on any atom is 0.220 e. The van der Waals surface area contributed by atoms with Crippen LogP contribution in [0.4, 0.5) is 0 Å². The molecule has 0 saturated carbocycles. The lowest BCUT2D eigenvalue weighted by atomic mass is 9.79. The monoisotopic (exact) mass is 385 g/mol. The van der Waals surface area contributed by atoms with E-state index < -0.39 is 0 Å². The Bertz CT molecular complexity index is 723. The van der Waals surface area contributed by atoms with E-state index in [-0.39, 0.29) is 41.7 Å². The predicted octanol–water partition coefficient (Wildman–Crippen LogP) is 2.76. The lowest BCUT2D eigenvalue weighted by Gasteiger charge is -2.46. The van der Waals surface area contributed by atoms with E-state index >= 15 is 0 Å². The van der Waals surface area contributed by atoms with Crippen LogP contribution in [0.5, 0.6) is 0 Å². The van der Waals surface area contributed by atoms with E-state index in [1.807, 2.05) is 12.1 Å². The van der Waals surface area contributed by atoms with E-state index in [9.17, 15) is 9.59 Å². The number of Topliss-reactive ketones (excluding diaryl/α,β-unsaturated/α-hetero) is 1. The van der Waals surface area contributed by atoms with E-state index in [1.165, 1.54) is 11.1 Å². The van der Waals surface area contributed by atoms with Crippen LogP contribution in [0.1, 0.15) is 74.9 Å². The number of fused-ring (bicyclic) bond motifs is 1. The highest BCUT2D eigenvalue weighted by molar-refractivity contribution is 5.98. The number of hydrogen-bond acceptors (Lipinski definition) is 4. The van der Waals surface area contributed by atoms with Crippen molar-refractivity contribution in [2.75, 3.05) is 13.1 Å². The van der Waals surface area contributed by atoms with Gasteiger partial charge in [0.1, 0.15) is 0 Å². The van der Waals surface area contributed by atoms with E-state index in [0.29, 0.717) is 0 Å². The second-order valence-corrected chi connectivity index (χ2v) is 9.72. The molecule has 5 heteroatoms. The standard InChI is InChI=1S/C23H35N3O2/c1-22(2)14-19(15-23(3,4)26-22)25-21(28)8-7-20(27)18-6-5-16-9-11-24-12-10-17(16)13-18/h5-6,13,19,24,26H,7-12,14-15H2,1-4H3,(H,25,28). The molecule has 0 aliphatic carbocycles. The van der Waals surface area contributed by atoms with Crippen LogP contribution in [0, 0.1) is 0 Å². The molecule has 5 nitrogen and oxygen atoms in total. The first kappa shape index (κ1) is 21.0. The third-order valence-electron chi connectivity index (χ3n) is 5.80. The normalized spacial score (nSPS) is 21.4. The van der Waals surface area contributed by atoms with Crippen molar-refractivity contribution in [2.45, 2.75) is 83.3 Å². The molecule has 0 spiro atoms. The summed E-state index contributed by atoms with van der Waals surface area (Å²) in [7, 11) is 0.